The summed E-state index contributed by atoms with van der Waals surface area (Å²) < 4.78 is 6.71. The third-order valence-corrected chi connectivity index (χ3v) is 3.49. The molecule has 2 rings (SSSR count). The Hall–Kier alpha value is -2.29. The number of benzene rings is 2. The zero-order chi connectivity index (χ0) is 15.9. The molecule has 0 saturated heterocycles. The zero-order valence-corrected chi connectivity index (χ0v) is 13.5. The van der Waals surface area contributed by atoms with E-state index in [2.05, 4.69) is 26.0 Å². The minimum Gasteiger partial charge on any atom is -0.624 e. The summed E-state index contributed by atoms with van der Waals surface area (Å²) in [5, 5.41) is 11.9. The van der Waals surface area contributed by atoms with Gasteiger partial charge in [0.15, 0.2) is 19.4 Å². The van der Waals surface area contributed by atoms with Gasteiger partial charge in [-0.15, -0.1) is 0 Å². The van der Waals surface area contributed by atoms with Crippen LogP contribution in [0.15, 0.2) is 48.5 Å². The first-order valence-electron chi connectivity index (χ1n) is 7.60. The smallest absolute Gasteiger partial charge is 0.189 e. The van der Waals surface area contributed by atoms with Crippen LogP contribution in [0.25, 0.3) is 0 Å². The van der Waals surface area contributed by atoms with Crippen LogP contribution in [0.5, 0.6) is 5.75 Å². The largest absolute Gasteiger partial charge is 0.624 e. The van der Waals surface area contributed by atoms with Gasteiger partial charge >= 0.3 is 0 Å². The first kappa shape index (κ1) is 16.1. The van der Waals surface area contributed by atoms with Gasteiger partial charge in [-0.05, 0) is 30.0 Å². The lowest BCUT2D eigenvalue weighted by Gasteiger charge is -2.13. The molecule has 0 spiro atoms. The van der Waals surface area contributed by atoms with Gasteiger partial charge in [0.05, 0.1) is 0 Å². The molecular weight excluding hydrogens is 274 g/mol. The zero-order valence-electron chi connectivity index (χ0n) is 13.5. The van der Waals surface area contributed by atoms with Gasteiger partial charge in [0.2, 0.25) is 0 Å². The fourth-order valence-corrected chi connectivity index (χ4v) is 2.28. The normalized spacial score (nSPS) is 11.7. The van der Waals surface area contributed by atoms with E-state index in [1.54, 1.807) is 6.21 Å². The van der Waals surface area contributed by atoms with E-state index in [4.69, 9.17) is 4.74 Å². The fourth-order valence-electron chi connectivity index (χ4n) is 2.28. The van der Waals surface area contributed by atoms with Crippen molar-refractivity contribution >= 4 is 6.21 Å². The topological polar surface area (TPSA) is 35.3 Å². The first-order valence-corrected chi connectivity index (χ1v) is 7.60. The molecule has 3 nitrogen and oxygen atoms in total. The minimum absolute atomic E-state index is 0.277. The van der Waals surface area contributed by atoms with Gasteiger partial charge in [0, 0.05) is 5.56 Å². The van der Waals surface area contributed by atoms with Crippen molar-refractivity contribution in [3.05, 3.63) is 70.4 Å². The first-order chi connectivity index (χ1) is 10.6. The van der Waals surface area contributed by atoms with Gasteiger partial charge in [-0.2, -0.15) is 0 Å². The Morgan fingerprint density at radius 3 is 2.55 bits per heavy atom. The lowest BCUT2D eigenvalue weighted by Crippen LogP contribution is -2.11. The van der Waals surface area contributed by atoms with Gasteiger partial charge in [0.25, 0.3) is 0 Å². The van der Waals surface area contributed by atoms with Crippen LogP contribution in [0, 0.1) is 12.1 Å². The molecule has 0 atom stereocenters. The lowest BCUT2D eigenvalue weighted by molar-refractivity contribution is -0.471. The van der Waals surface area contributed by atoms with Crippen molar-refractivity contribution in [1.82, 2.24) is 0 Å². The van der Waals surface area contributed by atoms with E-state index in [-0.39, 0.29) is 6.61 Å². The second kappa shape index (κ2) is 7.64. The fraction of sp³-hybridized carbons (Fsp3) is 0.316. The summed E-state index contributed by atoms with van der Waals surface area (Å²) in [4.78, 5) is 0. The molecule has 0 aliphatic heterocycles. The Labute approximate surface area is 132 Å². The van der Waals surface area contributed by atoms with Crippen LogP contribution in [0.4, 0.5) is 0 Å². The van der Waals surface area contributed by atoms with Crippen molar-refractivity contribution in [2.24, 2.45) is 0 Å². The molecule has 0 unspecified atom stereocenters. The van der Waals surface area contributed by atoms with Crippen LogP contribution in [-0.4, -0.2) is 17.6 Å². The van der Waals surface area contributed by atoms with Crippen LogP contribution in [0.3, 0.4) is 0 Å². The molecule has 0 saturated carbocycles. The maximum Gasteiger partial charge on any atom is 0.189 e. The highest BCUT2D eigenvalue weighted by atomic mass is 16.5. The molecule has 0 N–H and O–H groups in total. The maximum atomic E-state index is 11.9. The summed E-state index contributed by atoms with van der Waals surface area (Å²) in [7, 11) is 0. The molecule has 0 amide bonds. The van der Waals surface area contributed by atoms with E-state index in [9.17, 15) is 5.21 Å². The van der Waals surface area contributed by atoms with Gasteiger partial charge in [-0.3, -0.25) is 0 Å². The van der Waals surface area contributed by atoms with Crippen molar-refractivity contribution in [2.75, 3.05) is 6.61 Å². The highest BCUT2D eigenvalue weighted by Gasteiger charge is 2.08. The second-order valence-electron chi connectivity index (χ2n) is 5.75. The van der Waals surface area contributed by atoms with Crippen LogP contribution in [0.1, 0.15) is 36.5 Å². The summed E-state index contributed by atoms with van der Waals surface area (Å²) in [5.41, 5.74) is 3.31. The molecule has 0 radical (unpaired) electrons. The molecule has 2 aromatic rings. The lowest BCUT2D eigenvalue weighted by atomic mass is 10.0. The molecule has 0 aliphatic rings. The predicted octanol–water partition coefficient (Wildman–Crippen LogP) is 4.28. The summed E-state index contributed by atoms with van der Waals surface area (Å²) in [6.45, 7) is 6.93. The van der Waals surface area contributed by atoms with Gasteiger partial charge in [-0.25, -0.2) is 4.74 Å². The number of aryl methyl sites for hydroxylation is 1. The number of nitrogens with zero attached hydrogens (tertiary/aromatic N) is 1. The molecular formula is C19H23NO2. The quantitative estimate of drug-likeness (QED) is 0.345. The van der Waals surface area contributed by atoms with E-state index >= 15 is 0 Å². The van der Waals surface area contributed by atoms with Crippen LogP contribution in [-0.2, 0) is 6.54 Å². The predicted molar refractivity (Wildman–Crippen MR) is 90.6 cm³/mol. The summed E-state index contributed by atoms with van der Waals surface area (Å²) in [5.74, 6) is 1.25. The van der Waals surface area contributed by atoms with Crippen LogP contribution in [0.2, 0.25) is 0 Å². The number of hydroxylamine groups is 1. The van der Waals surface area contributed by atoms with E-state index in [1.165, 1.54) is 5.56 Å². The Kier molecular flexibility index (Phi) is 5.59. The van der Waals surface area contributed by atoms with E-state index in [0.29, 0.717) is 12.5 Å². The van der Waals surface area contributed by atoms with Gasteiger partial charge in [0.1, 0.15) is 5.75 Å². The SMILES string of the molecule is Cc1ccc(C(C)C)c(OC/C=[N+](\[O-])Cc2ccccc2)c1. The van der Waals surface area contributed by atoms with Crippen molar-refractivity contribution in [2.45, 2.75) is 33.2 Å². The van der Waals surface area contributed by atoms with E-state index < -0.39 is 0 Å². The Bertz CT molecular complexity index is 633. The van der Waals surface area contributed by atoms with Gasteiger partial charge < -0.3 is 9.94 Å². The molecule has 0 bridgehead atoms. The molecule has 3 heteroatoms. The Morgan fingerprint density at radius 1 is 1.14 bits per heavy atom. The van der Waals surface area contributed by atoms with Crippen molar-refractivity contribution in [3.63, 3.8) is 0 Å². The average Bonchev–Trinajstić information content (AvgIpc) is 2.48. The van der Waals surface area contributed by atoms with Gasteiger partial charge in [-0.1, -0.05) is 56.3 Å². The number of rotatable bonds is 6. The molecule has 0 aliphatic carbocycles. The molecule has 0 heterocycles. The average molecular weight is 297 g/mol. The molecule has 22 heavy (non-hydrogen) atoms. The van der Waals surface area contributed by atoms with Crippen molar-refractivity contribution < 1.29 is 9.48 Å². The minimum atomic E-state index is 0.277. The number of hydrogen-bond donors (Lipinski definition) is 0. The van der Waals surface area contributed by atoms with E-state index in [0.717, 1.165) is 21.6 Å². The molecule has 116 valence electrons. The number of hydrogen-bond acceptors (Lipinski definition) is 2. The van der Waals surface area contributed by atoms with Crippen LogP contribution >= 0.6 is 0 Å². The highest BCUT2D eigenvalue weighted by molar-refractivity contribution is 5.54. The third-order valence-electron chi connectivity index (χ3n) is 3.49. The standard InChI is InChI=1S/C19H23NO2/c1-15(2)18-10-9-16(3)13-19(18)22-12-11-20(21)14-17-7-5-4-6-8-17/h4-11,13,15H,12,14H2,1-3H3/b20-11-. The Morgan fingerprint density at radius 2 is 1.86 bits per heavy atom. The highest BCUT2D eigenvalue weighted by Crippen LogP contribution is 2.27. The Balaban J connectivity index is 1.98. The second-order valence-corrected chi connectivity index (χ2v) is 5.75. The molecule has 0 aromatic heterocycles. The van der Waals surface area contributed by atoms with Crippen molar-refractivity contribution in [1.29, 1.82) is 0 Å². The van der Waals surface area contributed by atoms with Crippen molar-refractivity contribution in [3.8, 4) is 5.75 Å². The maximum absolute atomic E-state index is 11.9. The monoisotopic (exact) mass is 297 g/mol. The summed E-state index contributed by atoms with van der Waals surface area (Å²) in [6, 6.07) is 15.9. The van der Waals surface area contributed by atoms with E-state index in [1.807, 2.05) is 43.3 Å². The summed E-state index contributed by atoms with van der Waals surface area (Å²) >= 11 is 0. The molecule has 2 aromatic carbocycles. The number of ether oxygens (including phenoxy) is 1. The summed E-state index contributed by atoms with van der Waals surface area (Å²) in [6.07, 6.45) is 1.54. The third kappa shape index (κ3) is 4.62. The van der Waals surface area contributed by atoms with Crippen LogP contribution < -0.4 is 4.74 Å². The molecule has 0 fully saturated rings.